The first-order valence-electron chi connectivity index (χ1n) is 4.73. The molecule has 0 unspecified atom stereocenters. The number of alkyl halides is 3. The largest absolute Gasteiger partial charge is 0.479 e. The number of aliphatic carboxylic acids is 1. The molecule has 0 saturated carbocycles. The highest BCUT2D eigenvalue weighted by Gasteiger charge is 2.53. The smallest absolute Gasteiger partial charge is 0.418 e. The fourth-order valence-corrected chi connectivity index (χ4v) is 1.80. The summed E-state index contributed by atoms with van der Waals surface area (Å²) in [7, 11) is 0. The number of rotatable bonds is 1. The van der Waals surface area contributed by atoms with Gasteiger partial charge in [0.25, 0.3) is 5.91 Å². The van der Waals surface area contributed by atoms with E-state index in [0.29, 0.717) is 0 Å². The monoisotopic (exact) mass is 260 g/mol. The lowest BCUT2D eigenvalue weighted by Crippen LogP contribution is -2.50. The summed E-state index contributed by atoms with van der Waals surface area (Å²) in [5.41, 5.74) is 0.787. The molecule has 0 saturated heterocycles. The number of para-hydroxylation sites is 1. The third kappa shape index (κ3) is 1.46. The molecule has 0 spiro atoms. The van der Waals surface area contributed by atoms with Gasteiger partial charge in [0.2, 0.25) is 5.54 Å². The van der Waals surface area contributed by atoms with Crippen molar-refractivity contribution in [2.75, 3.05) is 5.32 Å². The molecule has 96 valence electrons. The number of carboxylic acid groups (broad SMARTS) is 1. The predicted molar refractivity (Wildman–Crippen MR) is 53.6 cm³/mol. The van der Waals surface area contributed by atoms with Crippen LogP contribution in [0.2, 0.25) is 0 Å². The Bertz CT molecular complexity index is 556. The summed E-state index contributed by atoms with van der Waals surface area (Å²) in [4.78, 5) is 22.5. The molecule has 0 radical (unpaired) electrons. The second-order valence-electron chi connectivity index (χ2n) is 3.79. The summed E-state index contributed by atoms with van der Waals surface area (Å²) < 4.78 is 38.1. The van der Waals surface area contributed by atoms with Crippen LogP contribution in [-0.2, 0) is 21.3 Å². The number of hydrogen-bond acceptors (Lipinski definition) is 3. The van der Waals surface area contributed by atoms with E-state index in [1.807, 2.05) is 5.32 Å². The van der Waals surface area contributed by atoms with Crippen molar-refractivity contribution in [3.63, 3.8) is 0 Å². The molecule has 2 rings (SSSR count). The fraction of sp³-hybridized carbons (Fsp3) is 0.200. The van der Waals surface area contributed by atoms with Crippen molar-refractivity contribution in [3.8, 4) is 0 Å². The van der Waals surface area contributed by atoms with Crippen LogP contribution >= 0.6 is 0 Å². The van der Waals surface area contributed by atoms with Gasteiger partial charge in [-0.2, -0.15) is 13.2 Å². The first kappa shape index (κ1) is 12.4. The highest BCUT2D eigenvalue weighted by molar-refractivity contribution is 6.18. The number of nitrogens with one attached hydrogen (secondary N) is 1. The topological polar surface area (TPSA) is 92.4 Å². The van der Waals surface area contributed by atoms with Crippen LogP contribution < -0.4 is 11.1 Å². The van der Waals surface area contributed by atoms with E-state index >= 15 is 0 Å². The molecule has 1 amide bonds. The molecule has 1 aliphatic heterocycles. The van der Waals surface area contributed by atoms with Crippen LogP contribution in [0.3, 0.4) is 0 Å². The van der Waals surface area contributed by atoms with Crippen LogP contribution in [0.15, 0.2) is 18.2 Å². The third-order valence-corrected chi connectivity index (χ3v) is 2.73. The lowest BCUT2D eigenvalue weighted by molar-refractivity contribution is -0.147. The predicted octanol–water partition coefficient (Wildman–Crippen LogP) is 0.896. The van der Waals surface area contributed by atoms with Crippen LogP contribution in [0.25, 0.3) is 0 Å². The Hall–Kier alpha value is -2.09. The van der Waals surface area contributed by atoms with Crippen molar-refractivity contribution < 1.29 is 27.9 Å². The summed E-state index contributed by atoms with van der Waals surface area (Å²) in [6, 6.07) is 2.83. The van der Waals surface area contributed by atoms with E-state index in [0.717, 1.165) is 18.2 Å². The fourth-order valence-electron chi connectivity index (χ4n) is 1.80. The average molecular weight is 260 g/mol. The van der Waals surface area contributed by atoms with E-state index in [1.165, 1.54) is 0 Å². The van der Waals surface area contributed by atoms with Gasteiger partial charge in [-0.25, -0.2) is 4.79 Å². The molecule has 0 fully saturated rings. The van der Waals surface area contributed by atoms with Crippen molar-refractivity contribution in [2.24, 2.45) is 5.73 Å². The summed E-state index contributed by atoms with van der Waals surface area (Å²) in [5.74, 6) is -2.90. The molecule has 0 bridgehead atoms. The standard InChI is InChI=1S/C10H7F3N2O3/c11-10(12,13)5-3-1-2-4-6(5)15-7(16)9(4,14)8(17)18/h1-3H,14H2,(H,15,16)(H,17,18)/t9-/m1/s1. The lowest BCUT2D eigenvalue weighted by atomic mass is 9.91. The zero-order valence-electron chi connectivity index (χ0n) is 8.71. The molecule has 1 aromatic rings. The number of carboxylic acids is 1. The van der Waals surface area contributed by atoms with Gasteiger partial charge in [0.1, 0.15) is 0 Å². The first-order valence-corrected chi connectivity index (χ1v) is 4.73. The molecule has 5 nitrogen and oxygen atoms in total. The van der Waals surface area contributed by atoms with E-state index in [4.69, 9.17) is 10.8 Å². The zero-order valence-corrected chi connectivity index (χ0v) is 8.71. The molecule has 1 atom stereocenters. The number of amides is 1. The molecule has 8 heteroatoms. The molecule has 1 aromatic carbocycles. The van der Waals surface area contributed by atoms with Crippen molar-refractivity contribution in [1.82, 2.24) is 0 Å². The maximum absolute atomic E-state index is 12.7. The van der Waals surface area contributed by atoms with Crippen molar-refractivity contribution in [3.05, 3.63) is 29.3 Å². The summed E-state index contributed by atoms with van der Waals surface area (Å²) >= 11 is 0. The number of anilines is 1. The number of hydrogen-bond donors (Lipinski definition) is 3. The zero-order chi connectivity index (χ0) is 13.7. The van der Waals surface area contributed by atoms with E-state index < -0.39 is 40.4 Å². The number of fused-ring (bicyclic) bond motifs is 1. The van der Waals surface area contributed by atoms with Crippen LogP contribution in [0.1, 0.15) is 11.1 Å². The second-order valence-corrected chi connectivity index (χ2v) is 3.79. The Morgan fingerprint density at radius 1 is 1.39 bits per heavy atom. The molecular weight excluding hydrogens is 253 g/mol. The summed E-state index contributed by atoms with van der Waals surface area (Å²) in [5, 5.41) is 10.8. The highest BCUT2D eigenvalue weighted by atomic mass is 19.4. The van der Waals surface area contributed by atoms with Gasteiger partial charge >= 0.3 is 12.1 Å². The van der Waals surface area contributed by atoms with Gasteiger partial charge in [-0.3, -0.25) is 4.79 Å². The Morgan fingerprint density at radius 3 is 2.50 bits per heavy atom. The van der Waals surface area contributed by atoms with Gasteiger partial charge < -0.3 is 16.2 Å². The van der Waals surface area contributed by atoms with Crippen molar-refractivity contribution in [2.45, 2.75) is 11.7 Å². The number of nitrogens with two attached hydrogens (primary N) is 1. The molecule has 0 aliphatic carbocycles. The quantitative estimate of drug-likeness (QED) is 0.654. The number of benzene rings is 1. The minimum absolute atomic E-state index is 0.394. The van der Waals surface area contributed by atoms with Crippen LogP contribution in [0, 0.1) is 0 Å². The van der Waals surface area contributed by atoms with Crippen LogP contribution in [0.5, 0.6) is 0 Å². The molecule has 4 N–H and O–H groups in total. The molecular formula is C10H7F3N2O3. The number of halogens is 3. The second kappa shape index (κ2) is 3.45. The van der Waals surface area contributed by atoms with Gasteiger partial charge in [0.05, 0.1) is 11.3 Å². The van der Waals surface area contributed by atoms with Gasteiger partial charge in [-0.05, 0) is 6.07 Å². The molecule has 1 heterocycles. The van der Waals surface area contributed by atoms with Crippen LogP contribution in [0.4, 0.5) is 18.9 Å². The Labute approximate surface area is 98.4 Å². The summed E-state index contributed by atoms with van der Waals surface area (Å²) in [6.45, 7) is 0. The third-order valence-electron chi connectivity index (χ3n) is 2.73. The minimum atomic E-state index is -4.71. The van der Waals surface area contributed by atoms with Crippen molar-refractivity contribution >= 4 is 17.6 Å². The Balaban J connectivity index is 2.71. The first-order chi connectivity index (χ1) is 8.19. The number of carbonyl (C=O) groups is 2. The lowest BCUT2D eigenvalue weighted by Gasteiger charge is -2.16. The molecule has 0 aromatic heterocycles. The molecule has 18 heavy (non-hydrogen) atoms. The van der Waals surface area contributed by atoms with Gasteiger partial charge in [-0.15, -0.1) is 0 Å². The average Bonchev–Trinajstić information content (AvgIpc) is 2.51. The Kier molecular flexibility index (Phi) is 2.37. The van der Waals surface area contributed by atoms with E-state index in [9.17, 15) is 22.8 Å². The minimum Gasteiger partial charge on any atom is -0.479 e. The summed E-state index contributed by atoms with van der Waals surface area (Å²) in [6.07, 6.45) is -4.71. The highest BCUT2D eigenvalue weighted by Crippen LogP contribution is 2.43. The SMILES string of the molecule is N[C@@]1(C(=O)O)C(=O)Nc2c(C(F)(F)F)cccc21. The van der Waals surface area contributed by atoms with Crippen molar-refractivity contribution in [1.29, 1.82) is 0 Å². The maximum atomic E-state index is 12.7. The van der Waals surface area contributed by atoms with E-state index in [2.05, 4.69) is 0 Å². The number of carbonyl (C=O) groups excluding carboxylic acids is 1. The normalized spacial score (nSPS) is 22.6. The van der Waals surface area contributed by atoms with Gasteiger partial charge in [0, 0.05) is 5.56 Å². The van der Waals surface area contributed by atoms with Gasteiger partial charge in [-0.1, -0.05) is 12.1 Å². The van der Waals surface area contributed by atoms with Gasteiger partial charge in [0.15, 0.2) is 0 Å². The van der Waals surface area contributed by atoms with Crippen LogP contribution in [-0.4, -0.2) is 17.0 Å². The molecule has 1 aliphatic rings. The van der Waals surface area contributed by atoms with E-state index in [1.54, 1.807) is 0 Å². The maximum Gasteiger partial charge on any atom is 0.418 e. The Morgan fingerprint density at radius 2 is 2.00 bits per heavy atom. The van der Waals surface area contributed by atoms with E-state index in [-0.39, 0.29) is 0 Å².